The monoisotopic (exact) mass is 475 g/mol. The molecule has 9 heteroatoms. The largest absolute Gasteiger partial charge is 0.342 e. The summed E-state index contributed by atoms with van der Waals surface area (Å²) in [5, 5.41) is 1.71. The number of thiophene rings is 1. The van der Waals surface area contributed by atoms with E-state index in [1.807, 2.05) is 4.90 Å². The Bertz CT molecular complexity index is 1020. The quantitative estimate of drug-likeness (QED) is 0.713. The molecule has 3 heterocycles. The third-order valence-electron chi connectivity index (χ3n) is 6.19. The number of likely N-dealkylation sites (tertiary alicyclic amines) is 2. The average molecular weight is 476 g/mol. The zero-order valence-electron chi connectivity index (χ0n) is 18.0. The Morgan fingerprint density at radius 2 is 1.53 bits per heavy atom. The summed E-state index contributed by atoms with van der Waals surface area (Å²) in [6.45, 7) is 2.85. The van der Waals surface area contributed by atoms with Crippen LogP contribution in [0.25, 0.3) is 0 Å². The van der Waals surface area contributed by atoms with Gasteiger partial charge in [-0.05, 0) is 61.4 Å². The minimum absolute atomic E-state index is 0.00573. The number of benzene rings is 1. The summed E-state index contributed by atoms with van der Waals surface area (Å²) >= 11 is 1.15. The first-order chi connectivity index (χ1) is 15.4. The van der Waals surface area contributed by atoms with Crippen molar-refractivity contribution >= 4 is 38.9 Å². The fraction of sp³-hybridized carbons (Fsp3) is 0.478. The second-order valence-electron chi connectivity index (χ2n) is 8.42. The minimum atomic E-state index is -3.61. The first kappa shape index (κ1) is 22.8. The number of nitrogens with one attached hydrogen (secondary N) is 1. The first-order valence-corrected chi connectivity index (χ1v) is 13.5. The summed E-state index contributed by atoms with van der Waals surface area (Å²) < 4.78 is 27.5. The number of nitrogens with zero attached hydrogens (tertiary/aromatic N) is 2. The van der Waals surface area contributed by atoms with Crippen molar-refractivity contribution < 1.29 is 18.0 Å². The molecule has 172 valence electrons. The molecule has 2 aromatic rings. The normalized spacial score (nSPS) is 18.2. The molecule has 4 rings (SSSR count). The van der Waals surface area contributed by atoms with E-state index in [-0.39, 0.29) is 21.9 Å². The van der Waals surface area contributed by atoms with Crippen LogP contribution in [-0.2, 0) is 14.8 Å². The van der Waals surface area contributed by atoms with Crippen molar-refractivity contribution in [2.24, 2.45) is 5.92 Å². The predicted octanol–water partition coefficient (Wildman–Crippen LogP) is 3.80. The van der Waals surface area contributed by atoms with Crippen LogP contribution in [0.1, 0.15) is 48.9 Å². The SMILES string of the molecule is O=C(c1ccc(NS(=O)(=O)c2cccs2)cc1)N1CCC(C(=O)N2CCCCCC2)CC1. The highest BCUT2D eigenvalue weighted by Gasteiger charge is 2.30. The molecule has 2 fully saturated rings. The molecule has 7 nitrogen and oxygen atoms in total. The number of carbonyl (C=O) groups is 2. The fourth-order valence-electron chi connectivity index (χ4n) is 4.36. The summed E-state index contributed by atoms with van der Waals surface area (Å²) in [4.78, 5) is 29.6. The Hall–Kier alpha value is -2.39. The highest BCUT2D eigenvalue weighted by atomic mass is 32.2. The standard InChI is InChI=1S/C23H29N3O4S2/c27-22(18-7-9-20(10-8-18)24-32(29,30)21-6-5-17-31-21)26-15-11-19(12-16-26)23(28)25-13-3-1-2-4-14-25/h5-10,17,19,24H,1-4,11-16H2. The zero-order chi connectivity index (χ0) is 22.6. The number of carbonyl (C=O) groups excluding carboxylic acids is 2. The third kappa shape index (κ3) is 5.32. The van der Waals surface area contributed by atoms with Gasteiger partial charge < -0.3 is 9.80 Å². The van der Waals surface area contributed by atoms with E-state index >= 15 is 0 Å². The number of hydrogen-bond donors (Lipinski definition) is 1. The van der Waals surface area contributed by atoms with Crippen molar-refractivity contribution in [3.63, 3.8) is 0 Å². The summed E-state index contributed by atoms with van der Waals surface area (Å²) in [5.74, 6) is 0.172. The summed E-state index contributed by atoms with van der Waals surface area (Å²) in [7, 11) is -3.61. The van der Waals surface area contributed by atoms with Crippen molar-refractivity contribution in [2.75, 3.05) is 30.9 Å². The van der Waals surface area contributed by atoms with Gasteiger partial charge in [-0.2, -0.15) is 0 Å². The van der Waals surface area contributed by atoms with Crippen LogP contribution in [0, 0.1) is 5.92 Å². The lowest BCUT2D eigenvalue weighted by Crippen LogP contribution is -2.44. The van der Waals surface area contributed by atoms with E-state index in [9.17, 15) is 18.0 Å². The molecule has 0 aliphatic carbocycles. The maximum atomic E-state index is 12.9. The summed E-state index contributed by atoms with van der Waals surface area (Å²) in [6, 6.07) is 9.73. The van der Waals surface area contributed by atoms with Gasteiger partial charge in [0.1, 0.15) is 4.21 Å². The van der Waals surface area contributed by atoms with Gasteiger partial charge in [0, 0.05) is 43.3 Å². The fourth-order valence-corrected chi connectivity index (χ4v) is 6.42. The molecule has 0 saturated carbocycles. The van der Waals surface area contributed by atoms with Crippen LogP contribution in [0.5, 0.6) is 0 Å². The summed E-state index contributed by atoms with van der Waals surface area (Å²) in [5.41, 5.74) is 0.929. The second-order valence-corrected chi connectivity index (χ2v) is 11.3. The molecule has 0 spiro atoms. The molecule has 2 amide bonds. The Kier molecular flexibility index (Phi) is 7.15. The molecular weight excluding hydrogens is 446 g/mol. The van der Waals surface area contributed by atoms with E-state index in [0.29, 0.717) is 37.2 Å². The van der Waals surface area contributed by atoms with Crippen LogP contribution >= 0.6 is 11.3 Å². The van der Waals surface area contributed by atoms with Gasteiger partial charge in [-0.3, -0.25) is 14.3 Å². The highest BCUT2D eigenvalue weighted by molar-refractivity contribution is 7.94. The zero-order valence-corrected chi connectivity index (χ0v) is 19.7. The average Bonchev–Trinajstić information content (AvgIpc) is 3.23. The van der Waals surface area contributed by atoms with Gasteiger partial charge in [0.25, 0.3) is 15.9 Å². The van der Waals surface area contributed by atoms with Crippen LogP contribution < -0.4 is 4.72 Å². The molecule has 1 N–H and O–H groups in total. The number of anilines is 1. The molecule has 32 heavy (non-hydrogen) atoms. The molecule has 2 aliphatic heterocycles. The Labute approximate surface area is 193 Å². The highest BCUT2D eigenvalue weighted by Crippen LogP contribution is 2.24. The Morgan fingerprint density at radius 1 is 0.875 bits per heavy atom. The number of rotatable bonds is 5. The van der Waals surface area contributed by atoms with Gasteiger partial charge in [0.05, 0.1) is 0 Å². The van der Waals surface area contributed by atoms with Crippen molar-refractivity contribution in [3.8, 4) is 0 Å². The van der Waals surface area contributed by atoms with E-state index in [0.717, 1.165) is 37.3 Å². The van der Waals surface area contributed by atoms with Crippen LogP contribution in [0.4, 0.5) is 5.69 Å². The number of hydrogen-bond acceptors (Lipinski definition) is 5. The van der Waals surface area contributed by atoms with Crippen molar-refractivity contribution in [1.29, 1.82) is 0 Å². The lowest BCUT2D eigenvalue weighted by molar-refractivity contribution is -0.136. The Morgan fingerprint density at radius 3 is 2.12 bits per heavy atom. The van der Waals surface area contributed by atoms with E-state index in [1.165, 1.54) is 12.8 Å². The third-order valence-corrected chi connectivity index (χ3v) is 8.97. The molecule has 0 bridgehead atoms. The number of amides is 2. The smallest absolute Gasteiger partial charge is 0.271 e. The number of sulfonamides is 1. The minimum Gasteiger partial charge on any atom is -0.342 e. The molecular formula is C23H29N3O4S2. The van der Waals surface area contributed by atoms with Crippen molar-refractivity contribution in [3.05, 3.63) is 47.3 Å². The van der Waals surface area contributed by atoms with Crippen LogP contribution in [0.3, 0.4) is 0 Å². The molecule has 0 atom stereocenters. The first-order valence-electron chi connectivity index (χ1n) is 11.2. The van der Waals surface area contributed by atoms with Crippen LogP contribution in [0.15, 0.2) is 46.0 Å². The van der Waals surface area contributed by atoms with Crippen LogP contribution in [-0.4, -0.2) is 56.2 Å². The second kappa shape index (κ2) is 10.0. The van der Waals surface area contributed by atoms with Gasteiger partial charge in [-0.25, -0.2) is 8.42 Å². The van der Waals surface area contributed by atoms with Gasteiger partial charge >= 0.3 is 0 Å². The maximum Gasteiger partial charge on any atom is 0.271 e. The van der Waals surface area contributed by atoms with Gasteiger partial charge in [-0.15, -0.1) is 11.3 Å². The predicted molar refractivity (Wildman–Crippen MR) is 125 cm³/mol. The lowest BCUT2D eigenvalue weighted by Gasteiger charge is -2.34. The van der Waals surface area contributed by atoms with Gasteiger partial charge in [0.2, 0.25) is 5.91 Å². The van der Waals surface area contributed by atoms with Crippen molar-refractivity contribution in [1.82, 2.24) is 9.80 Å². The molecule has 2 aliphatic rings. The maximum absolute atomic E-state index is 12.9. The molecule has 0 radical (unpaired) electrons. The van der Waals surface area contributed by atoms with Gasteiger partial charge in [0.15, 0.2) is 0 Å². The molecule has 1 aromatic carbocycles. The molecule has 2 saturated heterocycles. The van der Waals surface area contributed by atoms with E-state index in [4.69, 9.17) is 0 Å². The van der Waals surface area contributed by atoms with E-state index in [1.54, 1.807) is 46.7 Å². The topological polar surface area (TPSA) is 86.8 Å². The molecule has 1 aromatic heterocycles. The van der Waals surface area contributed by atoms with Gasteiger partial charge in [-0.1, -0.05) is 18.9 Å². The van der Waals surface area contributed by atoms with E-state index < -0.39 is 10.0 Å². The Balaban J connectivity index is 1.32. The number of piperidine rings is 1. The summed E-state index contributed by atoms with van der Waals surface area (Å²) in [6.07, 6.45) is 5.96. The van der Waals surface area contributed by atoms with Crippen LogP contribution in [0.2, 0.25) is 0 Å². The molecule has 0 unspecified atom stereocenters. The lowest BCUT2D eigenvalue weighted by atomic mass is 9.94. The van der Waals surface area contributed by atoms with E-state index in [2.05, 4.69) is 4.72 Å². The van der Waals surface area contributed by atoms with Crippen molar-refractivity contribution in [2.45, 2.75) is 42.7 Å².